The summed E-state index contributed by atoms with van der Waals surface area (Å²) in [4.78, 5) is 12.2. The van der Waals surface area contributed by atoms with Crippen molar-refractivity contribution < 1.29 is 13.6 Å². The zero-order valence-electron chi connectivity index (χ0n) is 13.3. The predicted octanol–water partition coefficient (Wildman–Crippen LogP) is 3.42. The number of hydrogen-bond donors (Lipinski definition) is 1. The van der Waals surface area contributed by atoms with E-state index in [2.05, 4.69) is 15.5 Å². The van der Waals surface area contributed by atoms with Crippen LogP contribution in [0.4, 0.5) is 4.39 Å². The highest BCUT2D eigenvalue weighted by Gasteiger charge is 2.11. The molecule has 0 atom stereocenters. The van der Waals surface area contributed by atoms with Crippen molar-refractivity contribution in [3.8, 4) is 11.5 Å². The standard InChI is InChI=1S/C18H16FN3O2/c1-11-3-4-14(9-12(11)2)17(23)20-10-16-21-22-18(24-16)13-5-7-15(19)8-6-13/h3-9H,10H2,1-2H3,(H,20,23). The van der Waals surface area contributed by atoms with Gasteiger partial charge in [-0.25, -0.2) is 4.39 Å². The van der Waals surface area contributed by atoms with E-state index in [1.54, 1.807) is 18.2 Å². The molecular formula is C18H16FN3O2. The molecule has 0 saturated carbocycles. The van der Waals surface area contributed by atoms with E-state index >= 15 is 0 Å². The monoisotopic (exact) mass is 325 g/mol. The van der Waals surface area contributed by atoms with Crippen LogP contribution in [0.15, 0.2) is 46.9 Å². The lowest BCUT2D eigenvalue weighted by atomic mass is 10.1. The number of aryl methyl sites for hydroxylation is 2. The third-order valence-electron chi connectivity index (χ3n) is 3.73. The molecule has 24 heavy (non-hydrogen) atoms. The predicted molar refractivity (Wildman–Crippen MR) is 86.8 cm³/mol. The summed E-state index contributed by atoms with van der Waals surface area (Å²) in [6.07, 6.45) is 0. The Kier molecular flexibility index (Phi) is 4.37. The van der Waals surface area contributed by atoms with Crippen LogP contribution in [0.1, 0.15) is 27.4 Å². The molecule has 0 unspecified atom stereocenters. The fourth-order valence-electron chi connectivity index (χ4n) is 2.17. The smallest absolute Gasteiger partial charge is 0.251 e. The third kappa shape index (κ3) is 3.48. The highest BCUT2D eigenvalue weighted by Crippen LogP contribution is 2.18. The van der Waals surface area contributed by atoms with Gasteiger partial charge in [-0.05, 0) is 61.4 Å². The number of nitrogens with zero attached hydrogens (tertiary/aromatic N) is 2. The molecule has 3 aromatic rings. The Morgan fingerprint density at radius 1 is 1.08 bits per heavy atom. The second kappa shape index (κ2) is 6.62. The lowest BCUT2D eigenvalue weighted by Crippen LogP contribution is -2.23. The van der Waals surface area contributed by atoms with Crippen molar-refractivity contribution in [3.05, 3.63) is 70.9 Å². The number of halogens is 1. The molecule has 122 valence electrons. The van der Waals surface area contributed by atoms with Crippen molar-refractivity contribution in [3.63, 3.8) is 0 Å². The second-order valence-corrected chi connectivity index (χ2v) is 5.49. The minimum atomic E-state index is -0.334. The number of benzene rings is 2. The normalized spacial score (nSPS) is 10.6. The maximum atomic E-state index is 12.9. The third-order valence-corrected chi connectivity index (χ3v) is 3.73. The van der Waals surface area contributed by atoms with Gasteiger partial charge in [0.2, 0.25) is 11.8 Å². The van der Waals surface area contributed by atoms with Crippen molar-refractivity contribution in [2.75, 3.05) is 0 Å². The molecule has 6 heteroatoms. The number of carbonyl (C=O) groups is 1. The molecule has 0 fully saturated rings. The molecule has 0 spiro atoms. The molecule has 2 aromatic carbocycles. The van der Waals surface area contributed by atoms with Crippen LogP contribution in [0.2, 0.25) is 0 Å². The van der Waals surface area contributed by atoms with Gasteiger partial charge in [0, 0.05) is 11.1 Å². The van der Waals surface area contributed by atoms with E-state index in [1.807, 2.05) is 26.0 Å². The fourth-order valence-corrected chi connectivity index (χ4v) is 2.17. The van der Waals surface area contributed by atoms with Crippen LogP contribution in [-0.4, -0.2) is 16.1 Å². The molecule has 1 heterocycles. The van der Waals surface area contributed by atoms with Gasteiger partial charge in [0.25, 0.3) is 5.91 Å². The molecule has 0 radical (unpaired) electrons. The van der Waals surface area contributed by atoms with Crippen molar-refractivity contribution in [1.82, 2.24) is 15.5 Å². The van der Waals surface area contributed by atoms with Crippen LogP contribution in [-0.2, 0) is 6.54 Å². The van der Waals surface area contributed by atoms with E-state index in [9.17, 15) is 9.18 Å². The minimum Gasteiger partial charge on any atom is -0.419 e. The Labute approximate surface area is 138 Å². The molecule has 1 N–H and O–H groups in total. The van der Waals surface area contributed by atoms with Crippen LogP contribution in [0, 0.1) is 19.7 Å². The SMILES string of the molecule is Cc1ccc(C(=O)NCc2nnc(-c3ccc(F)cc3)o2)cc1C. The number of nitrogens with one attached hydrogen (secondary N) is 1. The van der Waals surface area contributed by atoms with Crippen molar-refractivity contribution >= 4 is 5.91 Å². The molecule has 0 aliphatic heterocycles. The van der Waals surface area contributed by atoms with Gasteiger partial charge in [-0.1, -0.05) is 6.07 Å². The molecule has 1 aromatic heterocycles. The highest BCUT2D eigenvalue weighted by molar-refractivity contribution is 5.94. The molecule has 0 bridgehead atoms. The van der Waals surface area contributed by atoms with E-state index in [0.717, 1.165) is 11.1 Å². The van der Waals surface area contributed by atoms with Crippen LogP contribution in [0.3, 0.4) is 0 Å². The van der Waals surface area contributed by atoms with Gasteiger partial charge >= 0.3 is 0 Å². The van der Waals surface area contributed by atoms with E-state index in [1.165, 1.54) is 12.1 Å². The number of rotatable bonds is 4. The topological polar surface area (TPSA) is 68.0 Å². The average molecular weight is 325 g/mol. The van der Waals surface area contributed by atoms with Crippen molar-refractivity contribution in [1.29, 1.82) is 0 Å². The first kappa shape index (κ1) is 15.9. The summed E-state index contributed by atoms with van der Waals surface area (Å²) >= 11 is 0. The summed E-state index contributed by atoms with van der Waals surface area (Å²) in [5.41, 5.74) is 3.39. The van der Waals surface area contributed by atoms with E-state index in [4.69, 9.17) is 4.42 Å². The van der Waals surface area contributed by atoms with Gasteiger partial charge in [-0.15, -0.1) is 10.2 Å². The first-order valence-electron chi connectivity index (χ1n) is 7.47. The van der Waals surface area contributed by atoms with Crippen LogP contribution in [0.25, 0.3) is 11.5 Å². The van der Waals surface area contributed by atoms with E-state index < -0.39 is 0 Å². The van der Waals surface area contributed by atoms with Crippen molar-refractivity contribution in [2.45, 2.75) is 20.4 Å². The number of amides is 1. The summed E-state index contributed by atoms with van der Waals surface area (Å²) in [5, 5.41) is 10.5. The summed E-state index contributed by atoms with van der Waals surface area (Å²) in [5.74, 6) is 0.0238. The maximum absolute atomic E-state index is 12.9. The Hall–Kier alpha value is -3.02. The van der Waals surface area contributed by atoms with Gasteiger partial charge < -0.3 is 9.73 Å². The van der Waals surface area contributed by atoms with Crippen LogP contribution in [0.5, 0.6) is 0 Å². The maximum Gasteiger partial charge on any atom is 0.251 e. The highest BCUT2D eigenvalue weighted by atomic mass is 19.1. The molecular weight excluding hydrogens is 309 g/mol. The average Bonchev–Trinajstić information content (AvgIpc) is 3.05. The van der Waals surface area contributed by atoms with E-state index in [0.29, 0.717) is 11.1 Å². The Morgan fingerprint density at radius 3 is 2.54 bits per heavy atom. The first-order valence-corrected chi connectivity index (χ1v) is 7.47. The molecule has 0 aliphatic rings. The molecule has 3 rings (SSSR count). The van der Waals surface area contributed by atoms with Gasteiger partial charge in [0.05, 0.1) is 6.54 Å². The lowest BCUT2D eigenvalue weighted by molar-refractivity contribution is 0.0947. The Balaban J connectivity index is 1.65. The Morgan fingerprint density at radius 2 is 1.83 bits per heavy atom. The van der Waals surface area contributed by atoms with Gasteiger partial charge in [-0.3, -0.25) is 4.79 Å². The summed E-state index contributed by atoms with van der Waals surface area (Å²) in [7, 11) is 0. The summed E-state index contributed by atoms with van der Waals surface area (Å²) in [6, 6.07) is 11.3. The fraction of sp³-hybridized carbons (Fsp3) is 0.167. The summed E-state index contributed by atoms with van der Waals surface area (Å²) in [6.45, 7) is 4.07. The first-order chi connectivity index (χ1) is 11.5. The largest absolute Gasteiger partial charge is 0.419 e. The van der Waals surface area contributed by atoms with E-state index in [-0.39, 0.29) is 30.1 Å². The molecule has 1 amide bonds. The number of carbonyl (C=O) groups excluding carboxylic acids is 1. The van der Waals surface area contributed by atoms with Gasteiger partial charge in [0.1, 0.15) is 5.82 Å². The number of aromatic nitrogens is 2. The molecule has 0 aliphatic carbocycles. The summed E-state index contributed by atoms with van der Waals surface area (Å²) < 4.78 is 18.4. The van der Waals surface area contributed by atoms with Crippen LogP contribution < -0.4 is 5.32 Å². The van der Waals surface area contributed by atoms with Crippen molar-refractivity contribution in [2.24, 2.45) is 0 Å². The van der Waals surface area contributed by atoms with Gasteiger partial charge in [0.15, 0.2) is 0 Å². The Bertz CT molecular complexity index is 872. The van der Waals surface area contributed by atoms with Crippen LogP contribution >= 0.6 is 0 Å². The second-order valence-electron chi connectivity index (χ2n) is 5.49. The lowest BCUT2D eigenvalue weighted by Gasteiger charge is -2.05. The molecule has 5 nitrogen and oxygen atoms in total. The van der Waals surface area contributed by atoms with Gasteiger partial charge in [-0.2, -0.15) is 0 Å². The molecule has 0 saturated heterocycles. The zero-order valence-corrected chi connectivity index (χ0v) is 13.3. The minimum absolute atomic E-state index is 0.125. The zero-order chi connectivity index (χ0) is 17.1. The number of hydrogen-bond acceptors (Lipinski definition) is 4. The quantitative estimate of drug-likeness (QED) is 0.798.